The van der Waals surface area contributed by atoms with Gasteiger partial charge in [0.2, 0.25) is 0 Å². The predicted octanol–water partition coefficient (Wildman–Crippen LogP) is -3.57. The second-order valence-electron chi connectivity index (χ2n) is 0.782. The van der Waals surface area contributed by atoms with E-state index in [2.05, 4.69) is 0 Å². The zero-order valence-electron chi connectivity index (χ0n) is 3.99. The molecule has 0 unspecified atom stereocenters. The Kier molecular flexibility index (Phi) is 25.1. The van der Waals surface area contributed by atoms with Crippen LogP contribution in [0.25, 0.3) is 0 Å². The van der Waals surface area contributed by atoms with E-state index >= 15 is 0 Å². The Morgan fingerprint density at radius 1 is 0.909 bits per heavy atom. The summed E-state index contributed by atoms with van der Waals surface area (Å²) in [4.78, 5) is 43.3. The minimum Gasteiger partial charge on any atom is -0.328 e. The maximum atomic E-state index is 8.88. The lowest BCUT2D eigenvalue weighted by Crippen LogP contribution is -1.66. The molecule has 0 rings (SSSR count). The molecule has 11 heavy (non-hydrogen) atoms. The molecule has 0 aromatic heterocycles. The van der Waals surface area contributed by atoms with E-state index in [4.69, 9.17) is 33.9 Å². The highest BCUT2D eigenvalue weighted by molar-refractivity contribution is 7.45. The zero-order chi connectivity index (χ0) is 8.08. The van der Waals surface area contributed by atoms with Crippen molar-refractivity contribution in [3.05, 3.63) is 0 Å². The molecule has 7 nitrogen and oxygen atoms in total. The van der Waals surface area contributed by atoms with Crippen molar-refractivity contribution in [1.82, 2.24) is 0 Å². The molecule has 0 spiro atoms. The summed E-state index contributed by atoms with van der Waals surface area (Å²) in [6.45, 7) is 0. The number of hydrogen-bond donors (Lipinski definition) is 6. The summed E-state index contributed by atoms with van der Waals surface area (Å²) in [7, 11) is -7.26. The van der Waals surface area contributed by atoms with Gasteiger partial charge in [-0.25, -0.2) is 4.57 Å². The molecule has 0 heterocycles. The fourth-order valence-corrected chi connectivity index (χ4v) is 0. The maximum Gasteiger partial charge on any atom is 0.466 e. The van der Waals surface area contributed by atoms with Gasteiger partial charge >= 0.3 is 62.5 Å². The van der Waals surface area contributed by atoms with Gasteiger partial charge in [-0.05, 0) is 0 Å². The van der Waals surface area contributed by atoms with E-state index < -0.39 is 16.4 Å². The van der Waals surface area contributed by atoms with Crippen LogP contribution >= 0.6 is 16.4 Å². The van der Waals surface area contributed by atoms with Gasteiger partial charge in [-0.15, -0.1) is 0 Å². The van der Waals surface area contributed by atoms with E-state index in [0.29, 0.717) is 0 Å². The second-order valence-corrected chi connectivity index (χ2v) is 2.34. The first-order chi connectivity index (χ1) is 3.73. The van der Waals surface area contributed by atoms with E-state index in [1.54, 1.807) is 0 Å². The van der Waals surface area contributed by atoms with E-state index in [9.17, 15) is 0 Å². The average Bonchev–Trinajstić information content (AvgIpc) is 1.19. The normalized spacial score (nSPS) is 8.64. The maximum absolute atomic E-state index is 8.88. The topological polar surface area (TPSA) is 138 Å². The molecular weight excluding hydrogens is 223 g/mol. The highest BCUT2D eigenvalue weighted by Crippen LogP contribution is 2.25. The molecule has 0 aromatic carbocycles. The third-order valence-electron chi connectivity index (χ3n) is 0. The van der Waals surface area contributed by atoms with Gasteiger partial charge in [-0.1, -0.05) is 0 Å². The van der Waals surface area contributed by atoms with Gasteiger partial charge in [0, 0.05) is 0 Å². The molecule has 0 saturated carbocycles. The van der Waals surface area contributed by atoms with Gasteiger partial charge in [0.15, 0.2) is 0 Å². The Hall–Kier alpha value is 1.95. The predicted molar refractivity (Wildman–Crippen MR) is 44.9 cm³/mol. The van der Waals surface area contributed by atoms with Crippen LogP contribution in [0, 0.1) is 0 Å². The largest absolute Gasteiger partial charge is 0.466 e. The smallest absolute Gasteiger partial charge is 0.328 e. The summed E-state index contributed by atoms with van der Waals surface area (Å²) in [6.07, 6.45) is 0. The fraction of sp³-hybridized carbons (Fsp3) is 0. The summed E-state index contributed by atoms with van der Waals surface area (Å²) >= 11 is 0. The molecule has 0 aliphatic rings. The van der Waals surface area contributed by atoms with Gasteiger partial charge in [0.25, 0.3) is 0 Å². The minimum absolute atomic E-state index is 0. The summed E-state index contributed by atoms with van der Waals surface area (Å²) in [5, 5.41) is 0. The van der Waals surface area contributed by atoms with Crippen molar-refractivity contribution in [2.75, 3.05) is 0 Å². The third kappa shape index (κ3) is 311. The Bertz CT molecular complexity index is 85.6. The van der Waals surface area contributed by atoms with Crippen LogP contribution in [0.3, 0.4) is 0 Å². The molecule has 11 heteroatoms. The summed E-state index contributed by atoms with van der Waals surface area (Å²) in [5.74, 6) is 0. The Morgan fingerprint density at radius 2 is 0.909 bits per heavy atom. The Morgan fingerprint density at radius 3 is 0.909 bits per heavy atom. The summed E-state index contributed by atoms with van der Waals surface area (Å²) < 4.78 is 8.88. The first-order valence-electron chi connectivity index (χ1n) is 1.38. The van der Waals surface area contributed by atoms with Gasteiger partial charge in [-0.3, -0.25) is 0 Å². The standard InChI is InChI=1S/2Mg.H3O4P.H3O3P.4H/c;;1-5(2,3)4;1-4(2)3;;;;/h;;(H3,1,2,3,4);1-3H;;;;. The molecule has 0 amide bonds. The van der Waals surface area contributed by atoms with Crippen LogP contribution in [-0.4, -0.2) is 75.5 Å². The van der Waals surface area contributed by atoms with Crippen LogP contribution < -0.4 is 0 Å². The van der Waals surface area contributed by atoms with Crippen molar-refractivity contribution in [3.8, 4) is 0 Å². The first-order valence-corrected chi connectivity index (χ1v) is 4.15. The van der Waals surface area contributed by atoms with E-state index in [1.165, 1.54) is 0 Å². The lowest BCUT2D eigenvalue weighted by atomic mass is 15.8. The van der Waals surface area contributed by atoms with E-state index in [-0.39, 0.29) is 46.1 Å². The molecule has 0 atom stereocenters. The van der Waals surface area contributed by atoms with Crippen molar-refractivity contribution >= 4 is 62.5 Å². The Labute approximate surface area is 96.0 Å². The lowest BCUT2D eigenvalue weighted by Gasteiger charge is -1.82. The number of phosphoric acid groups is 1. The average molecular weight is 233 g/mol. The summed E-state index contributed by atoms with van der Waals surface area (Å²) in [5.41, 5.74) is 0. The van der Waals surface area contributed by atoms with Crippen molar-refractivity contribution in [2.24, 2.45) is 0 Å². The quantitative estimate of drug-likeness (QED) is 0.188. The van der Waals surface area contributed by atoms with Crippen molar-refractivity contribution in [2.45, 2.75) is 0 Å². The van der Waals surface area contributed by atoms with Crippen LogP contribution in [0.15, 0.2) is 0 Å². The van der Waals surface area contributed by atoms with Gasteiger partial charge < -0.3 is 29.4 Å². The van der Waals surface area contributed by atoms with Crippen LogP contribution in [0.1, 0.15) is 0 Å². The zero-order valence-corrected chi connectivity index (χ0v) is 5.77. The molecule has 66 valence electrons. The van der Waals surface area contributed by atoms with Crippen LogP contribution in [0.5, 0.6) is 0 Å². The molecule has 0 saturated heterocycles. The highest BCUT2D eigenvalue weighted by atomic mass is 31.2. The van der Waals surface area contributed by atoms with E-state index in [1.807, 2.05) is 0 Å². The molecule has 0 fully saturated rings. The number of hydrogen-bond acceptors (Lipinski definition) is 4. The molecular formula is H10Mg2O7P2. The fourth-order valence-electron chi connectivity index (χ4n) is 0. The highest BCUT2D eigenvalue weighted by Gasteiger charge is 2.00. The van der Waals surface area contributed by atoms with Crippen molar-refractivity contribution in [3.63, 3.8) is 0 Å². The second kappa shape index (κ2) is 12.0. The molecule has 6 N–H and O–H groups in total. The van der Waals surface area contributed by atoms with Crippen LogP contribution in [0.2, 0.25) is 0 Å². The molecule has 0 bridgehead atoms. The SMILES string of the molecule is O=P(O)(O)O.OP(O)O.[MgH2].[MgH2]. The van der Waals surface area contributed by atoms with Gasteiger partial charge in [0.1, 0.15) is 0 Å². The van der Waals surface area contributed by atoms with Gasteiger partial charge in [-0.2, -0.15) is 0 Å². The molecule has 0 aliphatic carbocycles. The monoisotopic (exact) mass is 232 g/mol. The van der Waals surface area contributed by atoms with Crippen LogP contribution in [0.4, 0.5) is 0 Å². The molecule has 0 radical (unpaired) electrons. The van der Waals surface area contributed by atoms with Crippen molar-refractivity contribution in [1.29, 1.82) is 0 Å². The van der Waals surface area contributed by atoms with E-state index in [0.717, 1.165) is 0 Å². The number of rotatable bonds is 0. The third-order valence-corrected chi connectivity index (χ3v) is 0. The molecule has 0 aromatic rings. The van der Waals surface area contributed by atoms with Gasteiger partial charge in [0.05, 0.1) is 0 Å². The van der Waals surface area contributed by atoms with Crippen LogP contribution in [-0.2, 0) is 4.57 Å². The first kappa shape index (κ1) is 23.1. The molecule has 0 aliphatic heterocycles. The minimum atomic E-state index is -4.64. The Balaban J connectivity index is -0.0000000383. The summed E-state index contributed by atoms with van der Waals surface area (Å²) in [6, 6.07) is 0. The lowest BCUT2D eigenvalue weighted by molar-refractivity contribution is 0.275. The van der Waals surface area contributed by atoms with Crippen molar-refractivity contribution < 1.29 is 33.9 Å².